The first-order valence-corrected chi connectivity index (χ1v) is 10.3. The highest BCUT2D eigenvalue weighted by Crippen LogP contribution is 2.40. The van der Waals surface area contributed by atoms with Gasteiger partial charge in [-0.25, -0.2) is 9.59 Å². The van der Waals surface area contributed by atoms with Crippen LogP contribution in [0.15, 0.2) is 46.8 Å². The number of nitriles is 2. The van der Waals surface area contributed by atoms with Crippen LogP contribution >= 0.6 is 0 Å². The Balaban J connectivity index is 2.48. The van der Waals surface area contributed by atoms with Crippen molar-refractivity contribution in [1.29, 1.82) is 10.5 Å². The van der Waals surface area contributed by atoms with Crippen molar-refractivity contribution in [2.24, 2.45) is 0 Å². The van der Waals surface area contributed by atoms with Gasteiger partial charge in [-0.1, -0.05) is 12.1 Å². The Morgan fingerprint density at radius 3 is 2.00 bits per heavy atom. The first-order valence-electron chi connectivity index (χ1n) is 10.3. The first kappa shape index (κ1) is 25.1. The zero-order chi connectivity index (χ0) is 24.4. The van der Waals surface area contributed by atoms with Crippen LogP contribution in [0, 0.1) is 32.8 Å². The number of esters is 2. The number of allylic oxidation sites excluding steroid dienone is 2. The van der Waals surface area contributed by atoms with Crippen LogP contribution in [0.2, 0.25) is 0 Å². The Morgan fingerprint density at radius 2 is 1.55 bits per heavy atom. The molecule has 0 saturated heterocycles. The summed E-state index contributed by atoms with van der Waals surface area (Å²) in [7, 11) is 0. The van der Waals surface area contributed by atoms with E-state index in [1.54, 1.807) is 19.9 Å². The van der Waals surface area contributed by atoms with Crippen LogP contribution in [0.25, 0.3) is 0 Å². The average molecular weight is 452 g/mol. The predicted octanol–water partition coefficient (Wildman–Crippen LogP) is 3.52. The number of non-ortho nitro benzene ring substituents is 1. The highest BCUT2D eigenvalue weighted by molar-refractivity contribution is 6.00. The van der Waals surface area contributed by atoms with Gasteiger partial charge in [-0.05, 0) is 32.3 Å². The van der Waals surface area contributed by atoms with Crippen molar-refractivity contribution in [1.82, 2.24) is 5.32 Å². The molecule has 0 atom stereocenters. The third-order valence-corrected chi connectivity index (χ3v) is 4.95. The number of unbranched alkanes of at least 4 members (excludes halogenated alkanes) is 2. The van der Waals surface area contributed by atoms with Gasteiger partial charge >= 0.3 is 11.9 Å². The fourth-order valence-electron chi connectivity index (χ4n) is 3.47. The molecule has 1 heterocycles. The molecule has 10 heteroatoms. The summed E-state index contributed by atoms with van der Waals surface area (Å²) < 4.78 is 10.7. The second-order valence-electron chi connectivity index (χ2n) is 7.28. The predicted molar refractivity (Wildman–Crippen MR) is 116 cm³/mol. The summed E-state index contributed by atoms with van der Waals surface area (Å²) in [4.78, 5) is 36.8. The number of dihydropyridines is 1. The Morgan fingerprint density at radius 1 is 1.03 bits per heavy atom. The van der Waals surface area contributed by atoms with Gasteiger partial charge < -0.3 is 14.8 Å². The second-order valence-corrected chi connectivity index (χ2v) is 7.28. The maximum Gasteiger partial charge on any atom is 0.336 e. The standard InChI is InChI=1S/C23H24N4O6/c1-15-19(22(28)32-12-5-3-10-24)21(17-8-7-9-18(14-17)27(30)31)20(16(2)26-15)23(29)33-13-6-4-11-25/h7-9,14,21,26H,3-6,12-13H2,1-2H3. The molecule has 33 heavy (non-hydrogen) atoms. The number of carbonyl (C=O) groups excluding carboxylic acids is 2. The Kier molecular flexibility index (Phi) is 9.13. The van der Waals surface area contributed by atoms with E-state index in [0.717, 1.165) is 0 Å². The van der Waals surface area contributed by atoms with E-state index in [2.05, 4.69) is 5.32 Å². The van der Waals surface area contributed by atoms with Crippen LogP contribution in [-0.4, -0.2) is 30.1 Å². The number of nitro benzene ring substituents is 1. The van der Waals surface area contributed by atoms with Gasteiger partial charge in [0.2, 0.25) is 0 Å². The van der Waals surface area contributed by atoms with Crippen molar-refractivity contribution >= 4 is 17.6 Å². The van der Waals surface area contributed by atoms with E-state index in [1.807, 2.05) is 12.1 Å². The molecule has 0 amide bonds. The largest absolute Gasteiger partial charge is 0.462 e. The molecular weight excluding hydrogens is 428 g/mol. The molecule has 1 N–H and O–H groups in total. The molecule has 1 aromatic rings. The van der Waals surface area contributed by atoms with Crippen LogP contribution < -0.4 is 5.32 Å². The third kappa shape index (κ3) is 6.40. The molecule has 0 unspecified atom stereocenters. The van der Waals surface area contributed by atoms with E-state index >= 15 is 0 Å². The van der Waals surface area contributed by atoms with Gasteiger partial charge in [-0.2, -0.15) is 10.5 Å². The molecule has 10 nitrogen and oxygen atoms in total. The summed E-state index contributed by atoms with van der Waals surface area (Å²) in [5, 5.41) is 31.7. The minimum Gasteiger partial charge on any atom is -0.462 e. The molecule has 2 rings (SSSR count). The third-order valence-electron chi connectivity index (χ3n) is 4.95. The van der Waals surface area contributed by atoms with Crippen molar-refractivity contribution in [2.75, 3.05) is 13.2 Å². The number of nitro groups is 1. The molecule has 0 fully saturated rings. The maximum absolute atomic E-state index is 13.0. The topological polar surface area (TPSA) is 155 Å². The quantitative estimate of drug-likeness (QED) is 0.243. The van der Waals surface area contributed by atoms with Crippen LogP contribution in [0.4, 0.5) is 5.69 Å². The molecule has 0 aliphatic carbocycles. The smallest absolute Gasteiger partial charge is 0.336 e. The Hall–Kier alpha value is -4.18. The van der Waals surface area contributed by atoms with E-state index in [1.165, 1.54) is 18.2 Å². The van der Waals surface area contributed by atoms with Crippen LogP contribution in [0.5, 0.6) is 0 Å². The van der Waals surface area contributed by atoms with Crippen molar-refractivity contribution in [3.63, 3.8) is 0 Å². The van der Waals surface area contributed by atoms with Crippen LogP contribution in [-0.2, 0) is 19.1 Å². The van der Waals surface area contributed by atoms with Gasteiger partial charge in [0.25, 0.3) is 5.69 Å². The Labute approximate surface area is 191 Å². The number of nitrogens with one attached hydrogen (secondary N) is 1. The van der Waals surface area contributed by atoms with Crippen LogP contribution in [0.1, 0.15) is 51.0 Å². The number of hydrogen-bond acceptors (Lipinski definition) is 9. The van der Waals surface area contributed by atoms with Crippen molar-refractivity contribution in [3.8, 4) is 12.1 Å². The van der Waals surface area contributed by atoms with E-state index in [9.17, 15) is 19.7 Å². The molecular formula is C23H24N4O6. The maximum atomic E-state index is 13.0. The van der Waals surface area contributed by atoms with E-state index in [4.69, 9.17) is 20.0 Å². The van der Waals surface area contributed by atoms with Crippen molar-refractivity contribution < 1.29 is 24.0 Å². The molecule has 1 aliphatic heterocycles. The number of carbonyl (C=O) groups is 2. The fraction of sp³-hybridized carbons (Fsp3) is 0.391. The van der Waals surface area contributed by atoms with E-state index in [0.29, 0.717) is 29.8 Å². The van der Waals surface area contributed by atoms with Gasteiger partial charge in [0, 0.05) is 36.4 Å². The molecule has 0 bridgehead atoms. The van der Waals surface area contributed by atoms with Crippen molar-refractivity contribution in [3.05, 3.63) is 62.5 Å². The number of ether oxygens (including phenoxy) is 2. The molecule has 1 aromatic carbocycles. The molecule has 1 aliphatic rings. The lowest BCUT2D eigenvalue weighted by molar-refractivity contribution is -0.384. The molecule has 172 valence electrons. The lowest BCUT2D eigenvalue weighted by atomic mass is 9.80. The summed E-state index contributed by atoms with van der Waals surface area (Å²) in [6, 6.07) is 9.63. The van der Waals surface area contributed by atoms with Crippen molar-refractivity contribution in [2.45, 2.75) is 45.4 Å². The van der Waals surface area contributed by atoms with Gasteiger partial charge in [-0.3, -0.25) is 10.1 Å². The fourth-order valence-corrected chi connectivity index (χ4v) is 3.47. The highest BCUT2D eigenvalue weighted by Gasteiger charge is 2.38. The summed E-state index contributed by atoms with van der Waals surface area (Å²) in [5.74, 6) is -2.36. The lowest BCUT2D eigenvalue weighted by Crippen LogP contribution is -2.32. The van der Waals surface area contributed by atoms with E-state index < -0.39 is 22.8 Å². The number of benzene rings is 1. The molecule has 0 aromatic heterocycles. The van der Waals surface area contributed by atoms with Crippen LogP contribution in [0.3, 0.4) is 0 Å². The van der Waals surface area contributed by atoms with E-state index in [-0.39, 0.29) is 42.9 Å². The molecule has 0 spiro atoms. The summed E-state index contributed by atoms with van der Waals surface area (Å²) in [6.07, 6.45) is 1.15. The molecule has 0 saturated carbocycles. The minimum absolute atomic E-state index is 0.0153. The SMILES string of the molecule is CC1=C(C(=O)OCCCC#N)C(c2cccc([N+](=O)[O-])c2)C(C(=O)OCCCC#N)=C(C)N1. The van der Waals surface area contributed by atoms with Gasteiger partial charge in [0.05, 0.1) is 47.3 Å². The Bertz CT molecular complexity index is 1020. The summed E-state index contributed by atoms with van der Waals surface area (Å²) >= 11 is 0. The summed E-state index contributed by atoms with van der Waals surface area (Å²) in [6.45, 7) is 3.33. The molecule has 0 radical (unpaired) electrons. The monoisotopic (exact) mass is 452 g/mol. The number of nitrogens with zero attached hydrogens (tertiary/aromatic N) is 3. The first-order chi connectivity index (χ1) is 15.8. The number of hydrogen-bond donors (Lipinski definition) is 1. The highest BCUT2D eigenvalue weighted by atomic mass is 16.6. The second kappa shape index (κ2) is 12.0. The van der Waals surface area contributed by atoms with Gasteiger partial charge in [0.1, 0.15) is 0 Å². The number of rotatable bonds is 10. The van der Waals surface area contributed by atoms with Gasteiger partial charge in [-0.15, -0.1) is 0 Å². The zero-order valence-electron chi connectivity index (χ0n) is 18.4. The minimum atomic E-state index is -0.960. The average Bonchev–Trinajstić information content (AvgIpc) is 2.78. The van der Waals surface area contributed by atoms with Gasteiger partial charge in [0.15, 0.2) is 0 Å². The summed E-state index contributed by atoms with van der Waals surface area (Å²) in [5.41, 5.74) is 1.30. The zero-order valence-corrected chi connectivity index (χ0v) is 18.4. The lowest BCUT2D eigenvalue weighted by Gasteiger charge is -2.30. The normalized spacial score (nSPS) is 13.6.